The Morgan fingerprint density at radius 3 is 2.87 bits per heavy atom. The summed E-state index contributed by atoms with van der Waals surface area (Å²) in [5.74, 6) is 0.275. The quantitative estimate of drug-likeness (QED) is 0.808. The van der Waals surface area contributed by atoms with Crippen LogP contribution in [0.5, 0.6) is 0 Å². The maximum atomic E-state index is 12.4. The molecule has 0 spiro atoms. The number of carbonyl (C=O) groups is 1. The van der Waals surface area contributed by atoms with E-state index in [-0.39, 0.29) is 18.1 Å². The molecule has 23 heavy (non-hydrogen) atoms. The minimum absolute atomic E-state index is 0.146. The highest BCUT2D eigenvalue weighted by Gasteiger charge is 2.26. The fourth-order valence-electron chi connectivity index (χ4n) is 2.87. The molecule has 0 saturated carbocycles. The van der Waals surface area contributed by atoms with E-state index >= 15 is 0 Å². The van der Waals surface area contributed by atoms with Crippen molar-refractivity contribution in [2.45, 2.75) is 25.9 Å². The molecule has 0 radical (unpaired) electrons. The Balaban J connectivity index is 1.65. The van der Waals surface area contributed by atoms with E-state index in [9.17, 15) is 9.90 Å². The Hall–Kier alpha value is -2.41. The summed E-state index contributed by atoms with van der Waals surface area (Å²) in [6, 6.07) is 5.43. The zero-order valence-electron chi connectivity index (χ0n) is 13.1. The number of nitrogens with one attached hydrogen (secondary N) is 2. The van der Waals surface area contributed by atoms with E-state index in [1.54, 1.807) is 17.3 Å². The van der Waals surface area contributed by atoms with Crippen molar-refractivity contribution in [3.8, 4) is 11.4 Å². The summed E-state index contributed by atoms with van der Waals surface area (Å²) in [5.41, 5.74) is 2.04. The Morgan fingerprint density at radius 2 is 2.22 bits per heavy atom. The standard InChI is InChI=1S/C16H21N5O2/c1-11(22)12-5-8-21(9-6-12)16(23)19-14-10-18-20-15(14)13-4-2-3-7-17-13/h2-4,7,10-12,22H,5-6,8-9H2,1H3,(H,18,20)(H,19,23). The lowest BCUT2D eigenvalue weighted by Gasteiger charge is -2.33. The summed E-state index contributed by atoms with van der Waals surface area (Å²) in [6.07, 6.45) is 4.62. The van der Waals surface area contributed by atoms with E-state index in [1.165, 1.54) is 0 Å². The van der Waals surface area contributed by atoms with Crippen molar-refractivity contribution >= 4 is 11.7 Å². The van der Waals surface area contributed by atoms with Gasteiger partial charge in [-0.15, -0.1) is 0 Å². The van der Waals surface area contributed by atoms with Crippen LogP contribution in [-0.2, 0) is 0 Å². The molecule has 3 heterocycles. The fourth-order valence-corrected chi connectivity index (χ4v) is 2.87. The molecular weight excluding hydrogens is 294 g/mol. The average molecular weight is 315 g/mol. The van der Waals surface area contributed by atoms with E-state index in [0.717, 1.165) is 18.5 Å². The highest BCUT2D eigenvalue weighted by Crippen LogP contribution is 2.25. The number of pyridine rings is 1. The van der Waals surface area contributed by atoms with E-state index in [1.807, 2.05) is 25.1 Å². The number of nitrogens with zero attached hydrogens (tertiary/aromatic N) is 3. The fraction of sp³-hybridized carbons (Fsp3) is 0.438. The van der Waals surface area contributed by atoms with Crippen LogP contribution in [-0.4, -0.2) is 50.4 Å². The number of hydrogen-bond acceptors (Lipinski definition) is 4. The maximum absolute atomic E-state index is 12.4. The molecule has 7 nitrogen and oxygen atoms in total. The van der Waals surface area contributed by atoms with Crippen molar-refractivity contribution in [3.63, 3.8) is 0 Å². The number of carbonyl (C=O) groups excluding carboxylic acids is 1. The lowest BCUT2D eigenvalue weighted by Crippen LogP contribution is -2.42. The topological polar surface area (TPSA) is 94.1 Å². The predicted octanol–water partition coefficient (Wildman–Crippen LogP) is 2.10. The number of urea groups is 1. The summed E-state index contributed by atoms with van der Waals surface area (Å²) in [7, 11) is 0. The summed E-state index contributed by atoms with van der Waals surface area (Å²) in [5, 5.41) is 19.4. The van der Waals surface area contributed by atoms with Crippen molar-refractivity contribution in [1.82, 2.24) is 20.1 Å². The molecule has 3 N–H and O–H groups in total. The minimum atomic E-state index is -0.315. The van der Waals surface area contributed by atoms with E-state index in [2.05, 4.69) is 20.5 Å². The van der Waals surface area contributed by atoms with Crippen LogP contribution in [0.25, 0.3) is 11.4 Å². The second kappa shape index (κ2) is 6.78. The minimum Gasteiger partial charge on any atom is -0.393 e. The molecule has 7 heteroatoms. The van der Waals surface area contributed by atoms with Crippen LogP contribution in [0.4, 0.5) is 10.5 Å². The molecule has 0 aliphatic carbocycles. The van der Waals surface area contributed by atoms with Gasteiger partial charge in [0.2, 0.25) is 0 Å². The number of aliphatic hydroxyl groups excluding tert-OH is 1. The Morgan fingerprint density at radius 1 is 1.43 bits per heavy atom. The SMILES string of the molecule is CC(O)C1CCN(C(=O)Nc2cn[nH]c2-c2ccccn2)CC1. The molecule has 1 atom stereocenters. The van der Waals surface area contributed by atoms with E-state index in [0.29, 0.717) is 24.5 Å². The number of piperidine rings is 1. The molecule has 122 valence electrons. The maximum Gasteiger partial charge on any atom is 0.321 e. The molecule has 1 saturated heterocycles. The van der Waals surface area contributed by atoms with Gasteiger partial charge in [-0.3, -0.25) is 10.1 Å². The molecule has 1 aliphatic rings. The van der Waals surface area contributed by atoms with Gasteiger partial charge < -0.3 is 15.3 Å². The first-order valence-electron chi connectivity index (χ1n) is 7.84. The monoisotopic (exact) mass is 315 g/mol. The van der Waals surface area contributed by atoms with Gasteiger partial charge >= 0.3 is 6.03 Å². The van der Waals surface area contributed by atoms with Crippen molar-refractivity contribution in [3.05, 3.63) is 30.6 Å². The zero-order chi connectivity index (χ0) is 16.2. The first-order valence-corrected chi connectivity index (χ1v) is 7.84. The largest absolute Gasteiger partial charge is 0.393 e. The Bertz CT molecular complexity index is 648. The van der Waals surface area contributed by atoms with Crippen LogP contribution in [0.3, 0.4) is 0 Å². The number of amides is 2. The number of likely N-dealkylation sites (tertiary alicyclic amines) is 1. The second-order valence-corrected chi connectivity index (χ2v) is 5.87. The van der Waals surface area contributed by atoms with Crippen molar-refractivity contribution in [2.75, 3.05) is 18.4 Å². The van der Waals surface area contributed by atoms with Gasteiger partial charge in [-0.05, 0) is 37.8 Å². The van der Waals surface area contributed by atoms with Gasteiger partial charge in [0.1, 0.15) is 5.69 Å². The molecule has 3 rings (SSSR count). The molecule has 1 unspecified atom stereocenters. The van der Waals surface area contributed by atoms with Crippen molar-refractivity contribution in [1.29, 1.82) is 0 Å². The molecular formula is C16H21N5O2. The van der Waals surface area contributed by atoms with Crippen LogP contribution >= 0.6 is 0 Å². The normalized spacial score (nSPS) is 17.0. The first kappa shape index (κ1) is 15.5. The molecule has 2 aromatic heterocycles. The predicted molar refractivity (Wildman–Crippen MR) is 86.8 cm³/mol. The summed E-state index contributed by atoms with van der Waals surface area (Å²) in [4.78, 5) is 18.5. The van der Waals surface area contributed by atoms with Gasteiger partial charge in [0, 0.05) is 19.3 Å². The van der Waals surface area contributed by atoms with Crippen molar-refractivity contribution in [2.24, 2.45) is 5.92 Å². The number of aliphatic hydroxyl groups is 1. The third-order valence-corrected chi connectivity index (χ3v) is 4.31. The molecule has 0 aromatic carbocycles. The second-order valence-electron chi connectivity index (χ2n) is 5.87. The third kappa shape index (κ3) is 3.50. The van der Waals surface area contributed by atoms with Crippen LogP contribution in [0, 0.1) is 5.92 Å². The highest BCUT2D eigenvalue weighted by atomic mass is 16.3. The first-order chi connectivity index (χ1) is 11.1. The number of anilines is 1. The molecule has 0 bridgehead atoms. The van der Waals surface area contributed by atoms with Crippen LogP contribution in [0.2, 0.25) is 0 Å². The lowest BCUT2D eigenvalue weighted by molar-refractivity contribution is 0.0820. The van der Waals surface area contributed by atoms with Crippen LogP contribution < -0.4 is 5.32 Å². The molecule has 1 aliphatic heterocycles. The summed E-state index contributed by atoms with van der Waals surface area (Å²) >= 11 is 0. The van der Waals surface area contributed by atoms with Crippen molar-refractivity contribution < 1.29 is 9.90 Å². The average Bonchev–Trinajstić information content (AvgIpc) is 3.04. The number of hydrogen-bond donors (Lipinski definition) is 3. The van der Waals surface area contributed by atoms with E-state index < -0.39 is 0 Å². The van der Waals surface area contributed by atoms with E-state index in [4.69, 9.17) is 0 Å². The summed E-state index contributed by atoms with van der Waals surface area (Å²) < 4.78 is 0. The van der Waals surface area contributed by atoms with Gasteiger partial charge in [-0.25, -0.2) is 4.79 Å². The molecule has 1 fully saturated rings. The van der Waals surface area contributed by atoms with Gasteiger partial charge in [0.15, 0.2) is 0 Å². The highest BCUT2D eigenvalue weighted by molar-refractivity contribution is 5.93. The van der Waals surface area contributed by atoms with Crippen LogP contribution in [0.1, 0.15) is 19.8 Å². The number of rotatable bonds is 3. The van der Waals surface area contributed by atoms with Gasteiger partial charge in [-0.2, -0.15) is 5.10 Å². The number of aromatic amines is 1. The Labute approximate surface area is 134 Å². The number of H-pyrrole nitrogens is 1. The van der Waals surface area contributed by atoms with Gasteiger partial charge in [0.05, 0.1) is 23.7 Å². The molecule has 2 aromatic rings. The van der Waals surface area contributed by atoms with Gasteiger partial charge in [0.25, 0.3) is 0 Å². The summed E-state index contributed by atoms with van der Waals surface area (Å²) in [6.45, 7) is 3.11. The zero-order valence-corrected chi connectivity index (χ0v) is 13.1. The third-order valence-electron chi connectivity index (χ3n) is 4.31. The molecule has 2 amide bonds. The number of aromatic nitrogens is 3. The smallest absolute Gasteiger partial charge is 0.321 e. The van der Waals surface area contributed by atoms with Gasteiger partial charge in [-0.1, -0.05) is 6.07 Å². The lowest BCUT2D eigenvalue weighted by atomic mass is 9.92. The van der Waals surface area contributed by atoms with Crippen LogP contribution in [0.15, 0.2) is 30.6 Å². The Kier molecular flexibility index (Phi) is 4.57.